The van der Waals surface area contributed by atoms with Crippen molar-refractivity contribution in [3.63, 3.8) is 0 Å². The van der Waals surface area contributed by atoms with E-state index >= 15 is 0 Å². The number of carboxylic acids is 1. The van der Waals surface area contributed by atoms with E-state index in [4.69, 9.17) is 5.11 Å². The van der Waals surface area contributed by atoms with Crippen molar-refractivity contribution in [2.24, 2.45) is 11.8 Å². The fourth-order valence-electron chi connectivity index (χ4n) is 1.82. The van der Waals surface area contributed by atoms with E-state index < -0.39 is 35.0 Å². The fourth-order valence-corrected chi connectivity index (χ4v) is 1.82. The van der Waals surface area contributed by atoms with Crippen molar-refractivity contribution in [3.8, 4) is 0 Å². The number of carboxylic acid groups (broad SMARTS) is 1. The molecule has 4 nitrogen and oxygen atoms in total. The molecule has 0 radical (unpaired) electrons. The van der Waals surface area contributed by atoms with Gasteiger partial charge in [-0.25, -0.2) is 8.78 Å². The summed E-state index contributed by atoms with van der Waals surface area (Å²) in [5.41, 5.74) is -0.432. The van der Waals surface area contributed by atoms with Crippen LogP contribution in [0.2, 0.25) is 0 Å². The molecule has 1 unspecified atom stereocenters. The zero-order valence-electron chi connectivity index (χ0n) is 11.3. The Labute approximate surface area is 115 Å². The highest BCUT2D eigenvalue weighted by molar-refractivity contribution is 5.94. The van der Waals surface area contributed by atoms with Gasteiger partial charge in [0, 0.05) is 6.54 Å². The highest BCUT2D eigenvalue weighted by Gasteiger charge is 2.21. The maximum atomic E-state index is 13.4. The van der Waals surface area contributed by atoms with Crippen LogP contribution in [0.5, 0.6) is 0 Å². The monoisotopic (exact) mass is 285 g/mol. The Morgan fingerprint density at radius 3 is 2.50 bits per heavy atom. The summed E-state index contributed by atoms with van der Waals surface area (Å²) < 4.78 is 26.3. The molecule has 0 fully saturated rings. The topological polar surface area (TPSA) is 66.4 Å². The van der Waals surface area contributed by atoms with E-state index in [9.17, 15) is 18.4 Å². The number of amides is 1. The van der Waals surface area contributed by atoms with E-state index in [0.29, 0.717) is 6.42 Å². The molecule has 0 bridgehead atoms. The number of nitrogens with one attached hydrogen (secondary N) is 1. The van der Waals surface area contributed by atoms with E-state index in [2.05, 4.69) is 5.32 Å². The predicted molar refractivity (Wildman–Crippen MR) is 69.3 cm³/mol. The average molecular weight is 285 g/mol. The molecule has 0 heterocycles. The summed E-state index contributed by atoms with van der Waals surface area (Å²) in [6, 6.07) is 2.54. The van der Waals surface area contributed by atoms with Gasteiger partial charge in [-0.2, -0.15) is 0 Å². The molecule has 0 saturated heterocycles. The molecule has 1 aromatic carbocycles. The van der Waals surface area contributed by atoms with E-state index in [0.717, 1.165) is 18.2 Å². The van der Waals surface area contributed by atoms with Gasteiger partial charge in [-0.3, -0.25) is 9.59 Å². The van der Waals surface area contributed by atoms with E-state index in [1.165, 1.54) is 0 Å². The number of benzene rings is 1. The van der Waals surface area contributed by atoms with Gasteiger partial charge in [-0.15, -0.1) is 0 Å². The van der Waals surface area contributed by atoms with Crippen molar-refractivity contribution in [2.75, 3.05) is 6.54 Å². The molecule has 1 atom stereocenters. The Morgan fingerprint density at radius 2 is 1.95 bits per heavy atom. The van der Waals surface area contributed by atoms with E-state index in [1.807, 2.05) is 13.8 Å². The van der Waals surface area contributed by atoms with Gasteiger partial charge in [0.2, 0.25) is 0 Å². The third-order valence-electron chi connectivity index (χ3n) is 2.79. The summed E-state index contributed by atoms with van der Waals surface area (Å²) in [6.07, 6.45) is 0.390. The quantitative estimate of drug-likeness (QED) is 0.843. The molecular weight excluding hydrogens is 268 g/mol. The number of halogens is 2. The maximum Gasteiger partial charge on any atom is 0.308 e. The minimum absolute atomic E-state index is 0.123. The summed E-state index contributed by atoms with van der Waals surface area (Å²) in [5.74, 6) is -4.03. The SMILES string of the molecule is CC(C)CC(CNC(=O)c1cc(F)ccc1F)C(=O)O. The van der Waals surface area contributed by atoms with Crippen LogP contribution >= 0.6 is 0 Å². The summed E-state index contributed by atoms with van der Waals surface area (Å²) in [6.45, 7) is 3.61. The largest absolute Gasteiger partial charge is 0.481 e. The maximum absolute atomic E-state index is 13.4. The number of rotatable bonds is 6. The van der Waals surface area contributed by atoms with Crippen LogP contribution in [0.4, 0.5) is 8.78 Å². The van der Waals surface area contributed by atoms with Gasteiger partial charge in [-0.1, -0.05) is 13.8 Å². The lowest BCUT2D eigenvalue weighted by Crippen LogP contribution is -2.34. The highest BCUT2D eigenvalue weighted by atomic mass is 19.1. The molecule has 0 spiro atoms. The van der Waals surface area contributed by atoms with Crippen LogP contribution in [0.1, 0.15) is 30.6 Å². The third kappa shape index (κ3) is 4.60. The van der Waals surface area contributed by atoms with Crippen molar-refractivity contribution in [3.05, 3.63) is 35.4 Å². The first kappa shape index (κ1) is 16.1. The van der Waals surface area contributed by atoms with Gasteiger partial charge < -0.3 is 10.4 Å². The first-order valence-corrected chi connectivity index (χ1v) is 6.27. The van der Waals surface area contributed by atoms with Gasteiger partial charge in [0.15, 0.2) is 0 Å². The van der Waals surface area contributed by atoms with Gasteiger partial charge in [0.05, 0.1) is 11.5 Å². The summed E-state index contributed by atoms with van der Waals surface area (Å²) in [5, 5.41) is 11.3. The second kappa shape index (κ2) is 6.98. The van der Waals surface area contributed by atoms with E-state index in [1.54, 1.807) is 0 Å². The van der Waals surface area contributed by atoms with Gasteiger partial charge >= 0.3 is 5.97 Å². The molecule has 0 aliphatic rings. The van der Waals surface area contributed by atoms with Crippen LogP contribution in [0.15, 0.2) is 18.2 Å². The van der Waals surface area contributed by atoms with Crippen molar-refractivity contribution in [1.29, 1.82) is 0 Å². The number of hydrogen-bond donors (Lipinski definition) is 2. The highest BCUT2D eigenvalue weighted by Crippen LogP contribution is 2.13. The van der Waals surface area contributed by atoms with Crippen molar-refractivity contribution < 1.29 is 23.5 Å². The van der Waals surface area contributed by atoms with Crippen LogP contribution in [0, 0.1) is 23.5 Å². The molecule has 20 heavy (non-hydrogen) atoms. The minimum atomic E-state index is -1.03. The first-order chi connectivity index (χ1) is 9.31. The Hall–Kier alpha value is -1.98. The predicted octanol–water partition coefficient (Wildman–Crippen LogP) is 2.44. The Kier molecular flexibility index (Phi) is 5.61. The lowest BCUT2D eigenvalue weighted by molar-refractivity contribution is -0.142. The van der Waals surface area contributed by atoms with Crippen LogP contribution in [-0.4, -0.2) is 23.5 Å². The molecule has 6 heteroatoms. The van der Waals surface area contributed by atoms with Crippen molar-refractivity contribution in [2.45, 2.75) is 20.3 Å². The Morgan fingerprint density at radius 1 is 1.30 bits per heavy atom. The Balaban J connectivity index is 2.70. The molecule has 2 N–H and O–H groups in total. The first-order valence-electron chi connectivity index (χ1n) is 6.27. The van der Waals surface area contributed by atoms with E-state index in [-0.39, 0.29) is 12.5 Å². The smallest absolute Gasteiger partial charge is 0.308 e. The molecule has 1 amide bonds. The van der Waals surface area contributed by atoms with Gasteiger partial charge in [-0.05, 0) is 30.5 Å². The molecule has 110 valence electrons. The van der Waals surface area contributed by atoms with Crippen molar-refractivity contribution in [1.82, 2.24) is 5.32 Å². The molecular formula is C14H17F2NO3. The standard InChI is InChI=1S/C14H17F2NO3/c1-8(2)5-9(14(19)20)7-17-13(18)11-6-10(15)3-4-12(11)16/h3-4,6,8-9H,5,7H2,1-2H3,(H,17,18)(H,19,20). The van der Waals surface area contributed by atoms with Crippen LogP contribution in [0.25, 0.3) is 0 Å². The second-order valence-electron chi connectivity index (χ2n) is 5.00. The molecule has 1 aromatic rings. The molecule has 0 aliphatic heterocycles. The fraction of sp³-hybridized carbons (Fsp3) is 0.429. The lowest BCUT2D eigenvalue weighted by Gasteiger charge is -2.15. The van der Waals surface area contributed by atoms with Crippen LogP contribution in [-0.2, 0) is 4.79 Å². The Bertz CT molecular complexity index is 503. The molecule has 0 aromatic heterocycles. The zero-order chi connectivity index (χ0) is 15.3. The normalized spacial score (nSPS) is 12.2. The number of carbonyl (C=O) groups is 2. The van der Waals surface area contributed by atoms with Gasteiger partial charge in [0.25, 0.3) is 5.91 Å². The zero-order valence-corrected chi connectivity index (χ0v) is 11.3. The average Bonchev–Trinajstić information content (AvgIpc) is 2.36. The van der Waals surface area contributed by atoms with Crippen molar-refractivity contribution >= 4 is 11.9 Å². The molecule has 0 aliphatic carbocycles. The summed E-state index contributed by atoms with van der Waals surface area (Å²) in [7, 11) is 0. The molecule has 0 saturated carbocycles. The molecule has 1 rings (SSSR count). The summed E-state index contributed by atoms with van der Waals surface area (Å²) >= 11 is 0. The van der Waals surface area contributed by atoms with Gasteiger partial charge in [0.1, 0.15) is 11.6 Å². The number of hydrogen-bond acceptors (Lipinski definition) is 2. The van der Waals surface area contributed by atoms with Crippen LogP contribution < -0.4 is 5.32 Å². The second-order valence-corrected chi connectivity index (χ2v) is 5.00. The minimum Gasteiger partial charge on any atom is -0.481 e. The number of carbonyl (C=O) groups excluding carboxylic acids is 1. The summed E-state index contributed by atoms with van der Waals surface area (Å²) in [4.78, 5) is 22.7. The number of aliphatic carboxylic acids is 1. The van der Waals surface area contributed by atoms with Crippen LogP contribution in [0.3, 0.4) is 0 Å². The third-order valence-corrected chi connectivity index (χ3v) is 2.79. The lowest BCUT2D eigenvalue weighted by atomic mass is 9.97.